The first-order valence-electron chi connectivity index (χ1n) is 10.3. The van der Waals surface area contributed by atoms with Crippen molar-refractivity contribution >= 4 is 16.8 Å². The van der Waals surface area contributed by atoms with Gasteiger partial charge in [0, 0.05) is 43.2 Å². The lowest BCUT2D eigenvalue weighted by Gasteiger charge is -2.33. The van der Waals surface area contributed by atoms with E-state index in [9.17, 15) is 4.79 Å². The van der Waals surface area contributed by atoms with Crippen LogP contribution in [0.5, 0.6) is 0 Å². The summed E-state index contributed by atoms with van der Waals surface area (Å²) < 4.78 is 5.75. The molecular formula is C22H31N3O2. The first-order valence-corrected chi connectivity index (χ1v) is 10.3. The van der Waals surface area contributed by atoms with Crippen LogP contribution in [-0.4, -0.2) is 54.2 Å². The highest BCUT2D eigenvalue weighted by Gasteiger charge is 2.26. The van der Waals surface area contributed by atoms with Gasteiger partial charge in [-0.2, -0.15) is 0 Å². The van der Waals surface area contributed by atoms with Gasteiger partial charge in [-0.1, -0.05) is 11.6 Å². The van der Waals surface area contributed by atoms with Gasteiger partial charge in [0.25, 0.3) is 5.91 Å². The summed E-state index contributed by atoms with van der Waals surface area (Å²) in [6.45, 7) is 10.3. The van der Waals surface area contributed by atoms with Gasteiger partial charge in [0.15, 0.2) is 0 Å². The number of hydrogen-bond donors (Lipinski definition) is 2. The van der Waals surface area contributed by atoms with Gasteiger partial charge in [0.1, 0.15) is 5.69 Å². The van der Waals surface area contributed by atoms with Gasteiger partial charge >= 0.3 is 0 Å². The number of hydrogen-bond acceptors (Lipinski definition) is 3. The second kappa shape index (κ2) is 7.64. The maximum atomic E-state index is 12.9. The van der Waals surface area contributed by atoms with Crippen molar-refractivity contribution in [2.45, 2.75) is 58.6 Å². The highest BCUT2D eigenvalue weighted by Crippen LogP contribution is 2.26. The molecule has 0 radical (unpaired) electrons. The predicted octanol–water partition coefficient (Wildman–Crippen LogP) is 3.47. The second-order valence-electron chi connectivity index (χ2n) is 8.31. The quantitative estimate of drug-likeness (QED) is 0.868. The number of aryl methyl sites for hydroxylation is 3. The molecule has 2 aliphatic rings. The van der Waals surface area contributed by atoms with Crippen molar-refractivity contribution in [2.24, 2.45) is 0 Å². The molecule has 1 aromatic carbocycles. The lowest BCUT2D eigenvalue weighted by atomic mass is 10.0. The third-order valence-corrected chi connectivity index (χ3v) is 6.14. The molecule has 0 unspecified atom stereocenters. The van der Waals surface area contributed by atoms with Gasteiger partial charge in [-0.3, -0.25) is 4.79 Å². The van der Waals surface area contributed by atoms with E-state index in [1.165, 1.54) is 24.0 Å². The molecule has 2 aromatic rings. The highest BCUT2D eigenvalue weighted by atomic mass is 16.5. The molecule has 2 N–H and O–H groups in total. The SMILES string of the molecule is Cc1cc(C)c2[nH]c(C(=O)NC3CCN(C[C@@H]4CCCO4)CC3)c(C)c2c1. The molecule has 1 aromatic heterocycles. The fourth-order valence-corrected chi connectivity index (χ4v) is 4.60. The van der Waals surface area contributed by atoms with E-state index in [2.05, 4.69) is 41.2 Å². The fourth-order valence-electron chi connectivity index (χ4n) is 4.60. The zero-order chi connectivity index (χ0) is 19.0. The van der Waals surface area contributed by atoms with Gasteiger partial charge in [-0.05, 0) is 63.6 Å². The van der Waals surface area contributed by atoms with Crippen LogP contribution in [-0.2, 0) is 4.74 Å². The molecule has 2 fully saturated rings. The van der Waals surface area contributed by atoms with E-state index in [0.717, 1.165) is 55.5 Å². The third kappa shape index (κ3) is 3.90. The number of carbonyl (C=O) groups excluding carboxylic acids is 1. The number of ether oxygens (including phenoxy) is 1. The molecular weight excluding hydrogens is 338 g/mol. The molecule has 2 aliphatic heterocycles. The van der Waals surface area contributed by atoms with Crippen molar-refractivity contribution < 1.29 is 9.53 Å². The van der Waals surface area contributed by atoms with Gasteiger partial charge in [0.05, 0.1) is 6.10 Å². The number of benzene rings is 1. The highest BCUT2D eigenvalue weighted by molar-refractivity contribution is 6.01. The van der Waals surface area contributed by atoms with E-state index < -0.39 is 0 Å². The smallest absolute Gasteiger partial charge is 0.268 e. The maximum Gasteiger partial charge on any atom is 0.268 e. The van der Waals surface area contributed by atoms with Gasteiger partial charge in [-0.15, -0.1) is 0 Å². The average molecular weight is 370 g/mol. The Morgan fingerprint density at radius 3 is 2.70 bits per heavy atom. The zero-order valence-electron chi connectivity index (χ0n) is 16.7. The average Bonchev–Trinajstić information content (AvgIpc) is 3.25. The van der Waals surface area contributed by atoms with Crippen molar-refractivity contribution in [2.75, 3.05) is 26.2 Å². The van der Waals surface area contributed by atoms with Crippen molar-refractivity contribution in [3.05, 3.63) is 34.5 Å². The summed E-state index contributed by atoms with van der Waals surface area (Å²) >= 11 is 0. The molecule has 2 saturated heterocycles. The van der Waals surface area contributed by atoms with Crippen LogP contribution in [0.25, 0.3) is 10.9 Å². The molecule has 0 aliphatic carbocycles. The Hall–Kier alpha value is -1.85. The van der Waals surface area contributed by atoms with Crippen LogP contribution in [0.15, 0.2) is 12.1 Å². The van der Waals surface area contributed by atoms with Crippen LogP contribution in [0.3, 0.4) is 0 Å². The fraction of sp³-hybridized carbons (Fsp3) is 0.591. The molecule has 1 amide bonds. The van der Waals surface area contributed by atoms with Crippen LogP contribution in [0.4, 0.5) is 0 Å². The summed E-state index contributed by atoms with van der Waals surface area (Å²) in [7, 11) is 0. The Labute approximate surface area is 161 Å². The number of fused-ring (bicyclic) bond motifs is 1. The zero-order valence-corrected chi connectivity index (χ0v) is 16.7. The molecule has 0 bridgehead atoms. The Kier molecular flexibility index (Phi) is 5.24. The third-order valence-electron chi connectivity index (χ3n) is 6.14. The van der Waals surface area contributed by atoms with Crippen LogP contribution in [0.2, 0.25) is 0 Å². The molecule has 0 saturated carbocycles. The normalized spacial score (nSPS) is 21.8. The molecule has 5 nitrogen and oxygen atoms in total. The minimum absolute atomic E-state index is 0.0262. The van der Waals surface area contributed by atoms with Crippen molar-refractivity contribution in [1.82, 2.24) is 15.2 Å². The summed E-state index contributed by atoms with van der Waals surface area (Å²) in [6.07, 6.45) is 4.82. The lowest BCUT2D eigenvalue weighted by Crippen LogP contribution is -2.46. The summed E-state index contributed by atoms with van der Waals surface area (Å²) in [4.78, 5) is 18.7. The molecule has 3 heterocycles. The van der Waals surface area contributed by atoms with Crippen LogP contribution in [0, 0.1) is 20.8 Å². The number of nitrogens with zero attached hydrogens (tertiary/aromatic N) is 1. The maximum absolute atomic E-state index is 12.9. The van der Waals surface area contributed by atoms with Crippen molar-refractivity contribution in [3.8, 4) is 0 Å². The number of carbonyl (C=O) groups is 1. The Morgan fingerprint density at radius 2 is 2.00 bits per heavy atom. The largest absolute Gasteiger partial charge is 0.377 e. The monoisotopic (exact) mass is 369 g/mol. The van der Waals surface area contributed by atoms with Crippen LogP contribution in [0.1, 0.15) is 52.9 Å². The lowest BCUT2D eigenvalue weighted by molar-refractivity contribution is 0.0612. The first kappa shape index (κ1) is 18.5. The standard InChI is InChI=1S/C22H31N3O2/c1-14-11-15(2)20-19(12-14)16(3)21(24-20)22(26)23-17-6-8-25(9-7-17)13-18-5-4-10-27-18/h11-12,17-18,24H,4-10,13H2,1-3H3,(H,23,26)/t18-/m0/s1. The number of piperidine rings is 1. The Bertz CT molecular complexity index is 828. The first-order chi connectivity index (χ1) is 13.0. The van der Waals surface area contributed by atoms with Crippen LogP contribution < -0.4 is 5.32 Å². The summed E-state index contributed by atoms with van der Waals surface area (Å²) in [6, 6.07) is 4.57. The Morgan fingerprint density at radius 1 is 1.22 bits per heavy atom. The molecule has 4 rings (SSSR count). The number of likely N-dealkylation sites (tertiary alicyclic amines) is 1. The summed E-state index contributed by atoms with van der Waals surface area (Å²) in [5.41, 5.74) is 5.25. The molecule has 146 valence electrons. The van der Waals surface area contributed by atoms with Crippen molar-refractivity contribution in [3.63, 3.8) is 0 Å². The van der Waals surface area contributed by atoms with Gasteiger partial charge in [0.2, 0.25) is 0 Å². The molecule has 0 spiro atoms. The number of nitrogens with one attached hydrogen (secondary N) is 2. The number of H-pyrrole nitrogens is 1. The number of aromatic amines is 1. The number of rotatable bonds is 4. The van der Waals surface area contributed by atoms with E-state index in [1.54, 1.807) is 0 Å². The van der Waals surface area contributed by atoms with E-state index >= 15 is 0 Å². The summed E-state index contributed by atoms with van der Waals surface area (Å²) in [5, 5.41) is 4.41. The Balaban J connectivity index is 1.38. The van der Waals surface area contributed by atoms with E-state index in [-0.39, 0.29) is 11.9 Å². The second-order valence-corrected chi connectivity index (χ2v) is 8.31. The van der Waals surface area contributed by atoms with Gasteiger partial charge < -0.3 is 19.9 Å². The molecule has 1 atom stereocenters. The molecule has 27 heavy (non-hydrogen) atoms. The van der Waals surface area contributed by atoms with Crippen LogP contribution >= 0.6 is 0 Å². The number of amides is 1. The minimum atomic E-state index is 0.0262. The minimum Gasteiger partial charge on any atom is -0.377 e. The molecule has 5 heteroatoms. The number of aromatic nitrogens is 1. The van der Waals surface area contributed by atoms with Gasteiger partial charge in [-0.25, -0.2) is 0 Å². The predicted molar refractivity (Wildman–Crippen MR) is 108 cm³/mol. The van der Waals surface area contributed by atoms with E-state index in [4.69, 9.17) is 4.74 Å². The van der Waals surface area contributed by atoms with E-state index in [0.29, 0.717) is 11.8 Å². The van der Waals surface area contributed by atoms with E-state index in [1.807, 2.05) is 6.92 Å². The summed E-state index contributed by atoms with van der Waals surface area (Å²) in [5.74, 6) is 0.0262. The topological polar surface area (TPSA) is 57.4 Å². The van der Waals surface area contributed by atoms with Crippen molar-refractivity contribution in [1.29, 1.82) is 0 Å².